The Kier molecular flexibility index (Phi) is 5.77. The Labute approximate surface area is 147 Å². The second kappa shape index (κ2) is 8.64. The van der Waals surface area contributed by atoms with Gasteiger partial charge in [-0.3, -0.25) is 0 Å². The standard InChI is InChI=1S/C21H20N2O2/c1-2-9-19-14-20(24-15-17-10-5-3-6-11-17)21(23-22-19)25-16-18-12-7-4-8-13-18/h2-14H,15-16H2,1H3. The number of ether oxygens (including phenoxy) is 2. The van der Waals surface area contributed by atoms with Crippen LogP contribution in [-0.4, -0.2) is 10.2 Å². The Balaban J connectivity index is 1.76. The van der Waals surface area contributed by atoms with Crippen LogP contribution in [0.25, 0.3) is 6.08 Å². The molecule has 25 heavy (non-hydrogen) atoms. The van der Waals surface area contributed by atoms with E-state index in [-0.39, 0.29) is 0 Å². The smallest absolute Gasteiger partial charge is 0.276 e. The maximum Gasteiger partial charge on any atom is 0.276 e. The van der Waals surface area contributed by atoms with Gasteiger partial charge < -0.3 is 9.47 Å². The lowest BCUT2D eigenvalue weighted by Gasteiger charge is -2.12. The Bertz CT molecular complexity index is 818. The first-order valence-electron chi connectivity index (χ1n) is 8.19. The molecule has 0 unspecified atom stereocenters. The summed E-state index contributed by atoms with van der Waals surface area (Å²) in [6, 6.07) is 21.8. The van der Waals surface area contributed by atoms with Crippen molar-refractivity contribution in [3.63, 3.8) is 0 Å². The van der Waals surface area contributed by atoms with Crippen LogP contribution in [0.2, 0.25) is 0 Å². The van der Waals surface area contributed by atoms with Gasteiger partial charge >= 0.3 is 0 Å². The normalized spacial score (nSPS) is 10.8. The lowest BCUT2D eigenvalue weighted by Crippen LogP contribution is -2.04. The monoisotopic (exact) mass is 332 g/mol. The molecule has 126 valence electrons. The van der Waals surface area contributed by atoms with Crippen LogP contribution in [-0.2, 0) is 13.2 Å². The van der Waals surface area contributed by atoms with E-state index >= 15 is 0 Å². The van der Waals surface area contributed by atoms with Gasteiger partial charge in [0, 0.05) is 6.07 Å². The van der Waals surface area contributed by atoms with Gasteiger partial charge in [-0.15, -0.1) is 10.2 Å². The van der Waals surface area contributed by atoms with Crippen molar-refractivity contribution in [2.24, 2.45) is 0 Å². The van der Waals surface area contributed by atoms with Gasteiger partial charge in [0.15, 0.2) is 5.75 Å². The van der Waals surface area contributed by atoms with Crippen molar-refractivity contribution in [1.82, 2.24) is 10.2 Å². The molecule has 0 saturated carbocycles. The molecule has 1 aromatic heterocycles. The van der Waals surface area contributed by atoms with Gasteiger partial charge in [-0.05, 0) is 24.1 Å². The highest BCUT2D eigenvalue weighted by atomic mass is 16.5. The van der Waals surface area contributed by atoms with E-state index in [4.69, 9.17) is 9.47 Å². The lowest BCUT2D eigenvalue weighted by atomic mass is 10.2. The molecule has 2 aromatic carbocycles. The summed E-state index contributed by atoms with van der Waals surface area (Å²) in [4.78, 5) is 0. The fourth-order valence-corrected chi connectivity index (χ4v) is 2.29. The van der Waals surface area contributed by atoms with Crippen molar-refractivity contribution in [1.29, 1.82) is 0 Å². The van der Waals surface area contributed by atoms with E-state index in [2.05, 4.69) is 10.2 Å². The zero-order valence-corrected chi connectivity index (χ0v) is 14.1. The van der Waals surface area contributed by atoms with Crippen LogP contribution in [0.3, 0.4) is 0 Å². The van der Waals surface area contributed by atoms with Crippen LogP contribution in [0.5, 0.6) is 11.6 Å². The van der Waals surface area contributed by atoms with E-state index in [1.54, 1.807) is 0 Å². The molecule has 0 amide bonds. The minimum absolute atomic E-state index is 0.396. The van der Waals surface area contributed by atoms with Gasteiger partial charge in [-0.2, -0.15) is 0 Å². The number of rotatable bonds is 7. The van der Waals surface area contributed by atoms with Crippen molar-refractivity contribution in [3.8, 4) is 11.6 Å². The molecule has 0 spiro atoms. The first-order valence-corrected chi connectivity index (χ1v) is 8.19. The summed E-state index contributed by atoms with van der Waals surface area (Å²) in [5, 5.41) is 8.33. The van der Waals surface area contributed by atoms with Crippen LogP contribution >= 0.6 is 0 Å². The summed E-state index contributed by atoms with van der Waals surface area (Å²) < 4.78 is 11.8. The zero-order chi connectivity index (χ0) is 17.3. The third-order valence-electron chi connectivity index (χ3n) is 3.54. The highest BCUT2D eigenvalue weighted by molar-refractivity contribution is 5.48. The van der Waals surface area contributed by atoms with Crippen molar-refractivity contribution in [2.45, 2.75) is 20.1 Å². The minimum Gasteiger partial charge on any atom is -0.483 e. The molecule has 0 fully saturated rings. The van der Waals surface area contributed by atoms with Crippen molar-refractivity contribution < 1.29 is 9.47 Å². The van der Waals surface area contributed by atoms with E-state index in [9.17, 15) is 0 Å². The minimum atomic E-state index is 0.396. The third-order valence-corrected chi connectivity index (χ3v) is 3.54. The molecule has 0 aliphatic carbocycles. The first kappa shape index (κ1) is 16.7. The van der Waals surface area contributed by atoms with E-state index in [0.717, 1.165) is 16.8 Å². The fourth-order valence-electron chi connectivity index (χ4n) is 2.29. The summed E-state index contributed by atoms with van der Waals surface area (Å²) in [7, 11) is 0. The number of benzene rings is 2. The number of aromatic nitrogens is 2. The molecule has 0 atom stereocenters. The molecule has 3 rings (SSSR count). The van der Waals surface area contributed by atoms with Crippen LogP contribution in [0.1, 0.15) is 23.7 Å². The van der Waals surface area contributed by atoms with Gasteiger partial charge in [0.05, 0.1) is 5.69 Å². The van der Waals surface area contributed by atoms with Crippen LogP contribution in [0, 0.1) is 0 Å². The molecule has 0 saturated heterocycles. The Hall–Kier alpha value is -3.14. The van der Waals surface area contributed by atoms with Crippen LogP contribution < -0.4 is 9.47 Å². The van der Waals surface area contributed by atoms with E-state index in [1.165, 1.54) is 0 Å². The van der Waals surface area contributed by atoms with Gasteiger partial charge in [-0.1, -0.05) is 66.7 Å². The molecule has 0 aliphatic heterocycles. The summed E-state index contributed by atoms with van der Waals surface area (Å²) in [5.41, 5.74) is 2.88. The van der Waals surface area contributed by atoms with Crippen molar-refractivity contribution in [3.05, 3.63) is 89.6 Å². The SMILES string of the molecule is CC=Cc1cc(OCc2ccccc2)c(OCc2ccccc2)nn1. The average Bonchev–Trinajstić information content (AvgIpc) is 2.67. The predicted octanol–water partition coefficient (Wildman–Crippen LogP) is 4.67. The lowest BCUT2D eigenvalue weighted by molar-refractivity contribution is 0.244. The summed E-state index contributed by atoms with van der Waals surface area (Å²) in [5.74, 6) is 0.982. The van der Waals surface area contributed by atoms with E-state index < -0.39 is 0 Å². The molecule has 1 heterocycles. The quantitative estimate of drug-likeness (QED) is 0.631. The highest BCUT2D eigenvalue weighted by Gasteiger charge is 2.10. The van der Waals surface area contributed by atoms with Gasteiger partial charge in [0.1, 0.15) is 13.2 Å². The predicted molar refractivity (Wildman–Crippen MR) is 98.3 cm³/mol. The number of allylic oxidation sites excluding steroid dienone is 1. The second-order valence-corrected chi connectivity index (χ2v) is 5.49. The molecular formula is C21H20N2O2. The molecule has 0 N–H and O–H groups in total. The van der Waals surface area contributed by atoms with Crippen molar-refractivity contribution in [2.75, 3.05) is 0 Å². The second-order valence-electron chi connectivity index (χ2n) is 5.49. The third kappa shape index (κ3) is 4.91. The Morgan fingerprint density at radius 3 is 2.00 bits per heavy atom. The Morgan fingerprint density at radius 2 is 1.40 bits per heavy atom. The first-order chi connectivity index (χ1) is 12.3. The molecular weight excluding hydrogens is 312 g/mol. The highest BCUT2D eigenvalue weighted by Crippen LogP contribution is 2.26. The molecule has 4 heteroatoms. The van der Waals surface area contributed by atoms with Crippen molar-refractivity contribution >= 4 is 6.08 Å². The summed E-state index contributed by atoms with van der Waals surface area (Å²) in [6.07, 6.45) is 3.79. The fraction of sp³-hybridized carbons (Fsp3) is 0.143. The zero-order valence-electron chi connectivity index (χ0n) is 14.1. The molecule has 0 radical (unpaired) electrons. The molecule has 4 nitrogen and oxygen atoms in total. The maximum absolute atomic E-state index is 5.94. The number of hydrogen-bond donors (Lipinski definition) is 0. The number of hydrogen-bond acceptors (Lipinski definition) is 4. The molecule has 3 aromatic rings. The van der Waals surface area contributed by atoms with E-state index in [0.29, 0.717) is 24.8 Å². The average molecular weight is 332 g/mol. The Morgan fingerprint density at radius 1 is 0.800 bits per heavy atom. The summed E-state index contributed by atoms with van der Waals surface area (Å²) in [6.45, 7) is 2.80. The van der Waals surface area contributed by atoms with Gasteiger partial charge in [0.25, 0.3) is 5.88 Å². The van der Waals surface area contributed by atoms with Crippen LogP contribution in [0.4, 0.5) is 0 Å². The van der Waals surface area contributed by atoms with E-state index in [1.807, 2.05) is 85.8 Å². The maximum atomic E-state index is 5.94. The van der Waals surface area contributed by atoms with Gasteiger partial charge in [-0.25, -0.2) is 0 Å². The summed E-state index contributed by atoms with van der Waals surface area (Å²) >= 11 is 0. The largest absolute Gasteiger partial charge is 0.483 e. The molecule has 0 aliphatic rings. The number of nitrogens with zero attached hydrogens (tertiary/aromatic N) is 2. The van der Waals surface area contributed by atoms with Crippen LogP contribution in [0.15, 0.2) is 72.8 Å². The molecule has 0 bridgehead atoms. The topological polar surface area (TPSA) is 44.2 Å². The van der Waals surface area contributed by atoms with Gasteiger partial charge in [0.2, 0.25) is 0 Å².